The van der Waals surface area contributed by atoms with Crippen molar-refractivity contribution in [3.05, 3.63) is 35.4 Å². The van der Waals surface area contributed by atoms with E-state index in [0.29, 0.717) is 18.3 Å². The van der Waals surface area contributed by atoms with Crippen molar-refractivity contribution in [3.8, 4) is 0 Å². The zero-order valence-electron chi connectivity index (χ0n) is 16.3. The van der Waals surface area contributed by atoms with Crippen molar-refractivity contribution in [3.63, 3.8) is 0 Å². The van der Waals surface area contributed by atoms with E-state index >= 15 is 0 Å². The summed E-state index contributed by atoms with van der Waals surface area (Å²) in [4.78, 5) is 24.0. The quantitative estimate of drug-likeness (QED) is 0.751. The summed E-state index contributed by atoms with van der Waals surface area (Å²) in [5.41, 5.74) is 2.06. The lowest BCUT2D eigenvalue weighted by Gasteiger charge is -2.29. The Hall–Kier alpha value is -1.88. The fourth-order valence-corrected chi connectivity index (χ4v) is 4.38. The molecule has 1 saturated carbocycles. The van der Waals surface area contributed by atoms with Crippen LogP contribution in [0.15, 0.2) is 24.3 Å². The van der Waals surface area contributed by atoms with E-state index < -0.39 is 0 Å². The van der Waals surface area contributed by atoms with E-state index in [1.54, 1.807) is 0 Å². The van der Waals surface area contributed by atoms with Crippen molar-refractivity contribution in [2.24, 2.45) is 5.92 Å². The first-order valence-corrected chi connectivity index (χ1v) is 10.3. The molecule has 1 aliphatic heterocycles. The summed E-state index contributed by atoms with van der Waals surface area (Å²) in [5.74, 6) is 1.05. The zero-order valence-corrected chi connectivity index (χ0v) is 16.3. The Balaban J connectivity index is 1.47. The van der Waals surface area contributed by atoms with Crippen LogP contribution in [0.3, 0.4) is 0 Å². The van der Waals surface area contributed by atoms with Crippen LogP contribution in [0.5, 0.6) is 0 Å². The number of amides is 1. The third-order valence-corrected chi connectivity index (χ3v) is 6.13. The summed E-state index contributed by atoms with van der Waals surface area (Å²) in [6, 6.07) is 8.40. The number of hydrogen-bond acceptors (Lipinski definition) is 4. The second-order valence-electron chi connectivity index (χ2n) is 7.96. The third kappa shape index (κ3) is 5.80. The summed E-state index contributed by atoms with van der Waals surface area (Å²) in [5, 5.41) is 6.61. The van der Waals surface area contributed by atoms with Crippen LogP contribution in [0.4, 0.5) is 0 Å². The van der Waals surface area contributed by atoms with E-state index in [-0.39, 0.29) is 17.9 Å². The van der Waals surface area contributed by atoms with Gasteiger partial charge in [0.15, 0.2) is 0 Å². The SMILES string of the molecule is COC(=O)CCC1CCC(NC(=O)c2cccc(C3CCNCC3)c2)CC1. The molecule has 2 aliphatic rings. The van der Waals surface area contributed by atoms with E-state index in [4.69, 9.17) is 4.74 Å². The number of rotatable bonds is 6. The van der Waals surface area contributed by atoms with E-state index in [1.165, 1.54) is 12.7 Å². The summed E-state index contributed by atoms with van der Waals surface area (Å²) in [7, 11) is 1.44. The predicted octanol–water partition coefficient (Wildman–Crippen LogP) is 3.40. The van der Waals surface area contributed by atoms with Crippen molar-refractivity contribution in [2.75, 3.05) is 20.2 Å². The lowest BCUT2D eigenvalue weighted by atomic mass is 9.83. The minimum absolute atomic E-state index is 0.0452. The maximum atomic E-state index is 12.7. The van der Waals surface area contributed by atoms with Gasteiger partial charge in [-0.2, -0.15) is 0 Å². The van der Waals surface area contributed by atoms with E-state index in [0.717, 1.165) is 63.6 Å². The molecule has 5 nitrogen and oxygen atoms in total. The molecule has 0 unspecified atom stereocenters. The van der Waals surface area contributed by atoms with Gasteiger partial charge in [0, 0.05) is 18.0 Å². The second kappa shape index (κ2) is 9.88. The Kier molecular flexibility index (Phi) is 7.27. The molecule has 0 atom stereocenters. The highest BCUT2D eigenvalue weighted by Crippen LogP contribution is 2.29. The summed E-state index contributed by atoms with van der Waals surface area (Å²) in [6.45, 7) is 2.11. The Labute approximate surface area is 162 Å². The zero-order chi connectivity index (χ0) is 19.1. The highest BCUT2D eigenvalue weighted by molar-refractivity contribution is 5.94. The molecule has 3 rings (SSSR count). The molecule has 0 bridgehead atoms. The summed E-state index contributed by atoms with van der Waals surface area (Å²) in [6.07, 6.45) is 7.79. The molecule has 1 saturated heterocycles. The lowest BCUT2D eigenvalue weighted by molar-refractivity contribution is -0.141. The molecule has 148 valence electrons. The molecule has 1 amide bonds. The molecule has 0 spiro atoms. The molecule has 1 aromatic carbocycles. The third-order valence-electron chi connectivity index (χ3n) is 6.13. The maximum Gasteiger partial charge on any atom is 0.305 e. The first-order chi connectivity index (χ1) is 13.2. The second-order valence-corrected chi connectivity index (χ2v) is 7.96. The van der Waals surface area contributed by atoms with Gasteiger partial charge in [-0.25, -0.2) is 0 Å². The van der Waals surface area contributed by atoms with Crippen molar-refractivity contribution < 1.29 is 14.3 Å². The first kappa shape index (κ1) is 19.9. The highest BCUT2D eigenvalue weighted by Gasteiger charge is 2.24. The van der Waals surface area contributed by atoms with Gasteiger partial charge in [0.25, 0.3) is 5.91 Å². The van der Waals surface area contributed by atoms with E-state index in [1.807, 2.05) is 12.1 Å². The maximum absolute atomic E-state index is 12.7. The molecule has 0 aromatic heterocycles. The molecular weight excluding hydrogens is 340 g/mol. The fourth-order valence-electron chi connectivity index (χ4n) is 4.38. The molecule has 1 aromatic rings. The van der Waals surface area contributed by atoms with Crippen LogP contribution in [0, 0.1) is 5.92 Å². The molecule has 27 heavy (non-hydrogen) atoms. The van der Waals surface area contributed by atoms with Crippen molar-refractivity contribution in [1.29, 1.82) is 0 Å². The van der Waals surface area contributed by atoms with Gasteiger partial charge in [0.2, 0.25) is 0 Å². The van der Waals surface area contributed by atoms with Crippen LogP contribution in [-0.2, 0) is 9.53 Å². The number of piperidine rings is 1. The number of carbonyl (C=O) groups excluding carboxylic acids is 2. The van der Waals surface area contributed by atoms with Gasteiger partial charge < -0.3 is 15.4 Å². The monoisotopic (exact) mass is 372 g/mol. The number of nitrogens with one attached hydrogen (secondary N) is 2. The minimum Gasteiger partial charge on any atom is -0.469 e. The minimum atomic E-state index is -0.126. The van der Waals surface area contributed by atoms with Gasteiger partial charge in [-0.15, -0.1) is 0 Å². The Morgan fingerprint density at radius 1 is 1.11 bits per heavy atom. The van der Waals surface area contributed by atoms with Crippen molar-refractivity contribution in [2.45, 2.75) is 63.3 Å². The summed E-state index contributed by atoms with van der Waals surface area (Å²) < 4.78 is 4.72. The van der Waals surface area contributed by atoms with E-state index in [9.17, 15) is 9.59 Å². The van der Waals surface area contributed by atoms with Crippen LogP contribution >= 0.6 is 0 Å². The normalized spacial score (nSPS) is 23.6. The largest absolute Gasteiger partial charge is 0.469 e. The number of carbonyl (C=O) groups is 2. The van der Waals surface area contributed by atoms with Gasteiger partial charge in [0.05, 0.1) is 7.11 Å². The van der Waals surface area contributed by atoms with Crippen LogP contribution in [0.2, 0.25) is 0 Å². The van der Waals surface area contributed by atoms with Gasteiger partial charge in [-0.3, -0.25) is 9.59 Å². The Morgan fingerprint density at radius 2 is 1.85 bits per heavy atom. The van der Waals surface area contributed by atoms with Crippen LogP contribution in [0.25, 0.3) is 0 Å². The van der Waals surface area contributed by atoms with Gasteiger partial charge in [-0.05, 0) is 87.6 Å². The number of ether oxygens (including phenoxy) is 1. The smallest absolute Gasteiger partial charge is 0.305 e. The van der Waals surface area contributed by atoms with Gasteiger partial charge in [-0.1, -0.05) is 12.1 Å². The Morgan fingerprint density at radius 3 is 2.56 bits per heavy atom. The number of hydrogen-bond donors (Lipinski definition) is 2. The molecule has 0 radical (unpaired) electrons. The van der Waals surface area contributed by atoms with Crippen LogP contribution in [0.1, 0.15) is 73.2 Å². The van der Waals surface area contributed by atoms with Crippen molar-refractivity contribution >= 4 is 11.9 Å². The van der Waals surface area contributed by atoms with E-state index in [2.05, 4.69) is 22.8 Å². The van der Waals surface area contributed by atoms with Crippen LogP contribution in [-0.4, -0.2) is 38.1 Å². The van der Waals surface area contributed by atoms with Crippen LogP contribution < -0.4 is 10.6 Å². The molecule has 2 N–H and O–H groups in total. The average molecular weight is 373 g/mol. The first-order valence-electron chi connectivity index (χ1n) is 10.3. The van der Waals surface area contributed by atoms with Gasteiger partial charge in [0.1, 0.15) is 0 Å². The molecule has 1 heterocycles. The topological polar surface area (TPSA) is 67.4 Å². The lowest BCUT2D eigenvalue weighted by Crippen LogP contribution is -2.37. The number of benzene rings is 1. The Bertz CT molecular complexity index is 632. The number of esters is 1. The van der Waals surface area contributed by atoms with Gasteiger partial charge >= 0.3 is 5.97 Å². The summed E-state index contributed by atoms with van der Waals surface area (Å²) >= 11 is 0. The number of methoxy groups -OCH3 is 1. The highest BCUT2D eigenvalue weighted by atomic mass is 16.5. The average Bonchev–Trinajstić information content (AvgIpc) is 2.73. The molecule has 1 aliphatic carbocycles. The molecule has 2 fully saturated rings. The molecule has 5 heteroatoms. The predicted molar refractivity (Wildman–Crippen MR) is 106 cm³/mol. The fraction of sp³-hybridized carbons (Fsp3) is 0.636. The molecular formula is C22H32N2O3. The van der Waals surface area contributed by atoms with Crippen molar-refractivity contribution in [1.82, 2.24) is 10.6 Å². The standard InChI is InChI=1S/C22H32N2O3/c1-27-21(25)10-7-16-5-8-20(9-6-16)24-22(26)19-4-2-3-18(15-19)17-11-13-23-14-12-17/h2-4,15-17,20,23H,5-14H2,1H3,(H,24,26).